The van der Waals surface area contributed by atoms with Gasteiger partial charge in [0.05, 0.1) is 38.2 Å². The van der Waals surface area contributed by atoms with Crippen LogP contribution in [0.2, 0.25) is 18.1 Å². The van der Waals surface area contributed by atoms with Gasteiger partial charge in [0.15, 0.2) is 8.32 Å². The molecule has 0 aliphatic carbocycles. The second-order valence-corrected chi connectivity index (χ2v) is 13.3. The van der Waals surface area contributed by atoms with E-state index in [9.17, 15) is 4.79 Å². The zero-order valence-electron chi connectivity index (χ0n) is 21.8. The first-order valence-corrected chi connectivity index (χ1v) is 15.0. The van der Waals surface area contributed by atoms with Gasteiger partial charge in [0.25, 0.3) is 0 Å². The maximum atomic E-state index is 12.4. The lowest BCUT2D eigenvalue weighted by Crippen LogP contribution is -2.46. The average molecular weight is 504 g/mol. The van der Waals surface area contributed by atoms with E-state index >= 15 is 0 Å². The maximum absolute atomic E-state index is 12.4. The number of aromatic nitrogens is 1. The molecule has 0 unspecified atom stereocenters. The molecule has 0 aliphatic heterocycles. The normalized spacial score (nSPS) is 13.3. The van der Waals surface area contributed by atoms with Gasteiger partial charge in [-0.05, 0) is 54.4 Å². The lowest BCUT2D eigenvalue weighted by Gasteiger charge is -2.36. The summed E-state index contributed by atoms with van der Waals surface area (Å²) in [6, 6.07) is 16.4. The third kappa shape index (κ3) is 9.72. The first kappa shape index (κ1) is 29.0. The van der Waals surface area contributed by atoms with E-state index in [-0.39, 0.29) is 31.2 Å². The minimum atomic E-state index is -1.92. The van der Waals surface area contributed by atoms with Crippen LogP contribution in [0, 0.1) is 0 Å². The van der Waals surface area contributed by atoms with Crippen molar-refractivity contribution in [3.63, 3.8) is 0 Å². The third-order valence-electron chi connectivity index (χ3n) is 6.50. The fraction of sp³-hybridized carbons (Fsp3) is 0.556. The molecule has 0 saturated carbocycles. The number of hydrogen-bond donors (Lipinski definition) is 0. The average Bonchev–Trinajstić information content (AvgIpc) is 2.91. The van der Waals surface area contributed by atoms with Crippen LogP contribution in [0.25, 0.3) is 0 Å². The Balaban J connectivity index is 1.98. The molecule has 1 heterocycles. The van der Waals surface area contributed by atoms with Gasteiger partial charge in [-0.15, -0.1) is 0 Å². The van der Waals surface area contributed by atoms with Gasteiger partial charge in [0, 0.05) is 19.7 Å². The van der Waals surface area contributed by atoms with Gasteiger partial charge < -0.3 is 23.4 Å². The zero-order chi connectivity index (χ0) is 25.5. The second kappa shape index (κ2) is 15.7. The Labute approximate surface area is 211 Å². The molecular formula is C27H41NO6Si. The van der Waals surface area contributed by atoms with E-state index in [0.717, 1.165) is 35.1 Å². The van der Waals surface area contributed by atoms with Crippen LogP contribution in [0.1, 0.15) is 44.9 Å². The summed E-state index contributed by atoms with van der Waals surface area (Å²) in [5.74, 6) is 0.537. The first-order chi connectivity index (χ1) is 17.0. The highest BCUT2D eigenvalue weighted by atomic mass is 28.4. The molecule has 8 heteroatoms. The maximum Gasteiger partial charge on any atom is 0.306 e. The van der Waals surface area contributed by atoms with Crippen molar-refractivity contribution >= 4 is 14.3 Å². The fourth-order valence-electron chi connectivity index (χ4n) is 3.98. The molecule has 0 radical (unpaired) electrons. The SMILES string of the molecule is CC[Si](CC)(CC)O[C@H](COCc1ccc(OC)cc1)[C@H](CCC(=O)OCc1ccccn1)OC. The Morgan fingerprint density at radius 3 is 2.23 bits per heavy atom. The van der Waals surface area contributed by atoms with Gasteiger partial charge in [-0.2, -0.15) is 0 Å². The van der Waals surface area contributed by atoms with Gasteiger partial charge in [-0.1, -0.05) is 39.0 Å². The molecule has 0 aliphatic rings. The van der Waals surface area contributed by atoms with E-state index < -0.39 is 8.32 Å². The van der Waals surface area contributed by atoms with Crippen LogP contribution in [-0.4, -0.2) is 52.3 Å². The molecule has 35 heavy (non-hydrogen) atoms. The molecule has 1 aromatic heterocycles. The van der Waals surface area contributed by atoms with Crippen LogP contribution in [0.15, 0.2) is 48.7 Å². The van der Waals surface area contributed by atoms with E-state index in [1.54, 1.807) is 20.4 Å². The lowest BCUT2D eigenvalue weighted by atomic mass is 10.1. The van der Waals surface area contributed by atoms with Crippen LogP contribution in [0.4, 0.5) is 0 Å². The highest BCUT2D eigenvalue weighted by Crippen LogP contribution is 2.26. The summed E-state index contributed by atoms with van der Waals surface area (Å²) in [5.41, 5.74) is 1.78. The summed E-state index contributed by atoms with van der Waals surface area (Å²) < 4.78 is 29.3. The Hall–Kier alpha value is -2.26. The highest BCUT2D eigenvalue weighted by molar-refractivity contribution is 6.73. The Morgan fingerprint density at radius 1 is 0.943 bits per heavy atom. The lowest BCUT2D eigenvalue weighted by molar-refractivity contribution is -0.146. The summed E-state index contributed by atoms with van der Waals surface area (Å²) in [6.07, 6.45) is 1.89. The summed E-state index contributed by atoms with van der Waals surface area (Å²) in [7, 11) is 1.40. The number of benzene rings is 1. The van der Waals surface area contributed by atoms with Crippen LogP contribution in [-0.2, 0) is 36.6 Å². The molecule has 2 atom stereocenters. The Morgan fingerprint density at radius 2 is 1.66 bits per heavy atom. The van der Waals surface area contributed by atoms with Gasteiger partial charge in [-0.3, -0.25) is 9.78 Å². The number of esters is 1. The molecule has 194 valence electrons. The predicted octanol–water partition coefficient (Wildman–Crippen LogP) is 5.54. The number of pyridine rings is 1. The van der Waals surface area contributed by atoms with E-state index in [1.165, 1.54) is 0 Å². The molecular weight excluding hydrogens is 462 g/mol. The highest BCUT2D eigenvalue weighted by Gasteiger charge is 2.35. The van der Waals surface area contributed by atoms with Crippen molar-refractivity contribution in [1.29, 1.82) is 0 Å². The number of nitrogens with zero attached hydrogens (tertiary/aromatic N) is 1. The van der Waals surface area contributed by atoms with Gasteiger partial charge in [0.2, 0.25) is 0 Å². The third-order valence-corrected chi connectivity index (χ3v) is 11.2. The summed E-state index contributed by atoms with van der Waals surface area (Å²) >= 11 is 0. The molecule has 0 saturated heterocycles. The van der Waals surface area contributed by atoms with Gasteiger partial charge >= 0.3 is 5.97 Å². The van der Waals surface area contributed by atoms with Crippen molar-refractivity contribution in [3.05, 3.63) is 59.9 Å². The first-order valence-electron chi connectivity index (χ1n) is 12.5. The van der Waals surface area contributed by atoms with Crippen LogP contribution in [0.5, 0.6) is 5.75 Å². The zero-order valence-corrected chi connectivity index (χ0v) is 22.8. The monoisotopic (exact) mass is 503 g/mol. The van der Waals surface area contributed by atoms with E-state index in [4.69, 9.17) is 23.4 Å². The Bertz CT molecular complexity index is 836. The van der Waals surface area contributed by atoms with Crippen LogP contribution in [0.3, 0.4) is 0 Å². The molecule has 0 N–H and O–H groups in total. The van der Waals surface area contributed by atoms with E-state index in [2.05, 4.69) is 25.8 Å². The van der Waals surface area contributed by atoms with E-state index in [1.807, 2.05) is 42.5 Å². The van der Waals surface area contributed by atoms with Gasteiger partial charge in [0.1, 0.15) is 12.4 Å². The minimum absolute atomic E-state index is 0.166. The fourth-order valence-corrected chi connectivity index (χ4v) is 6.84. The molecule has 2 rings (SSSR count). The standard InChI is InChI=1S/C27H41NO6Si/c1-6-35(7-2,8-3)34-26(21-32-19-22-12-14-24(30-4)15-13-22)25(31-5)16-17-27(29)33-20-23-11-9-10-18-28-23/h9-15,18,25-26H,6-8,16-17,19-21H2,1-5H3/t25-,26+/m0/s1. The largest absolute Gasteiger partial charge is 0.497 e. The smallest absolute Gasteiger partial charge is 0.306 e. The van der Waals surface area contributed by atoms with E-state index in [0.29, 0.717) is 19.6 Å². The molecule has 7 nitrogen and oxygen atoms in total. The Kier molecular flexibility index (Phi) is 13.0. The topological polar surface area (TPSA) is 76.1 Å². The number of rotatable bonds is 17. The number of hydrogen-bond acceptors (Lipinski definition) is 7. The van der Waals surface area contributed by atoms with Crippen molar-refractivity contribution in [1.82, 2.24) is 4.98 Å². The minimum Gasteiger partial charge on any atom is -0.497 e. The second-order valence-electron chi connectivity index (χ2n) is 8.56. The number of carbonyl (C=O) groups excluding carboxylic acids is 1. The number of methoxy groups -OCH3 is 2. The predicted molar refractivity (Wildman–Crippen MR) is 139 cm³/mol. The van der Waals surface area contributed by atoms with Crippen LogP contribution >= 0.6 is 0 Å². The number of carbonyl (C=O) groups is 1. The van der Waals surface area contributed by atoms with Gasteiger partial charge in [-0.25, -0.2) is 0 Å². The molecule has 2 aromatic rings. The van der Waals surface area contributed by atoms with Crippen molar-refractivity contribution in [2.24, 2.45) is 0 Å². The summed E-state index contributed by atoms with van der Waals surface area (Å²) in [5, 5.41) is 0. The molecule has 0 spiro atoms. The summed E-state index contributed by atoms with van der Waals surface area (Å²) in [4.78, 5) is 16.6. The van der Waals surface area contributed by atoms with Crippen molar-refractivity contribution < 1.29 is 28.2 Å². The van der Waals surface area contributed by atoms with Crippen molar-refractivity contribution in [2.45, 2.75) is 77.2 Å². The quantitative estimate of drug-likeness (QED) is 0.207. The molecule has 0 amide bonds. The van der Waals surface area contributed by atoms with Crippen LogP contribution < -0.4 is 4.74 Å². The van der Waals surface area contributed by atoms with Crippen molar-refractivity contribution in [2.75, 3.05) is 20.8 Å². The molecule has 1 aromatic carbocycles. The molecule has 0 bridgehead atoms. The number of ether oxygens (including phenoxy) is 4. The summed E-state index contributed by atoms with van der Waals surface area (Å²) in [6.45, 7) is 7.62. The molecule has 0 fully saturated rings. The van der Waals surface area contributed by atoms with Crippen molar-refractivity contribution in [3.8, 4) is 5.75 Å².